The van der Waals surface area contributed by atoms with E-state index in [4.69, 9.17) is 5.73 Å². The molecule has 0 fully saturated rings. The molecule has 2 N–H and O–H groups in total. The Labute approximate surface area is 66.7 Å². The molecule has 0 aromatic heterocycles. The number of hydrogen-bond donors (Lipinski definition) is 1. The highest BCUT2D eigenvalue weighted by atomic mass is 32.2. The lowest BCUT2D eigenvalue weighted by molar-refractivity contribution is -0.118. The van der Waals surface area contributed by atoms with E-state index in [2.05, 4.69) is 0 Å². The molecule has 1 atom stereocenters. The van der Waals surface area contributed by atoms with Gasteiger partial charge in [-0.1, -0.05) is 0 Å². The highest BCUT2D eigenvalue weighted by molar-refractivity contribution is 7.90. The van der Waals surface area contributed by atoms with Crippen molar-refractivity contribution in [3.8, 4) is 0 Å². The monoisotopic (exact) mass is 179 g/mol. The number of ketones is 1. The van der Waals surface area contributed by atoms with Crippen molar-refractivity contribution in [2.45, 2.75) is 19.4 Å². The lowest BCUT2D eigenvalue weighted by Gasteiger charge is -2.04. The van der Waals surface area contributed by atoms with Crippen LogP contribution in [0, 0.1) is 0 Å². The Kier molecular flexibility index (Phi) is 3.68. The van der Waals surface area contributed by atoms with Crippen LogP contribution in [-0.2, 0) is 14.6 Å². The summed E-state index contributed by atoms with van der Waals surface area (Å²) >= 11 is 0. The predicted molar refractivity (Wildman–Crippen MR) is 43.0 cm³/mol. The molecule has 4 nitrogen and oxygen atoms in total. The molecule has 5 heteroatoms. The van der Waals surface area contributed by atoms with Crippen LogP contribution in [0.25, 0.3) is 0 Å². The highest BCUT2D eigenvalue weighted by Crippen LogP contribution is 1.94. The van der Waals surface area contributed by atoms with Crippen LogP contribution < -0.4 is 5.73 Å². The van der Waals surface area contributed by atoms with Gasteiger partial charge in [-0.15, -0.1) is 0 Å². The van der Waals surface area contributed by atoms with Crippen molar-refractivity contribution in [2.24, 2.45) is 5.73 Å². The second kappa shape index (κ2) is 3.82. The maximum Gasteiger partial charge on any atom is 0.147 e. The number of Topliss-reactive ketones (excluding diaryl/α,β-unsaturated/α-hetero) is 1. The number of rotatable bonds is 4. The van der Waals surface area contributed by atoms with Crippen LogP contribution in [0.5, 0.6) is 0 Å². The van der Waals surface area contributed by atoms with Gasteiger partial charge in [0.2, 0.25) is 0 Å². The van der Waals surface area contributed by atoms with Crippen molar-refractivity contribution in [1.82, 2.24) is 0 Å². The number of carbonyl (C=O) groups is 1. The maximum absolute atomic E-state index is 10.6. The summed E-state index contributed by atoms with van der Waals surface area (Å²) in [5.41, 5.74) is 5.31. The largest absolute Gasteiger partial charge is 0.321 e. The average Bonchev–Trinajstić information content (AvgIpc) is 1.80. The molecule has 0 aromatic rings. The van der Waals surface area contributed by atoms with Crippen molar-refractivity contribution < 1.29 is 13.2 Å². The van der Waals surface area contributed by atoms with Crippen LogP contribution in [0.2, 0.25) is 0 Å². The van der Waals surface area contributed by atoms with Crippen molar-refractivity contribution in [1.29, 1.82) is 0 Å². The van der Waals surface area contributed by atoms with Gasteiger partial charge < -0.3 is 5.73 Å². The van der Waals surface area contributed by atoms with Gasteiger partial charge in [0, 0.05) is 6.26 Å². The van der Waals surface area contributed by atoms with Crippen LogP contribution >= 0.6 is 0 Å². The lowest BCUT2D eigenvalue weighted by Crippen LogP contribution is -2.30. The van der Waals surface area contributed by atoms with Gasteiger partial charge >= 0.3 is 0 Å². The van der Waals surface area contributed by atoms with E-state index < -0.39 is 15.9 Å². The van der Waals surface area contributed by atoms with Gasteiger partial charge in [-0.3, -0.25) is 4.79 Å². The second-order valence-corrected chi connectivity index (χ2v) is 4.90. The summed E-state index contributed by atoms with van der Waals surface area (Å²) in [6.07, 6.45) is 1.34. The van der Waals surface area contributed by atoms with Crippen molar-refractivity contribution in [3.05, 3.63) is 0 Å². The van der Waals surface area contributed by atoms with Crippen LogP contribution in [0.3, 0.4) is 0 Å². The van der Waals surface area contributed by atoms with E-state index in [0.717, 1.165) is 6.26 Å². The number of sulfone groups is 1. The Morgan fingerprint density at radius 3 is 2.27 bits per heavy atom. The van der Waals surface area contributed by atoms with E-state index >= 15 is 0 Å². The molecular formula is C6H13NO3S. The standard InChI is InChI=1S/C6H13NO3S/c1-5(8)6(7)3-4-11(2,9)10/h6H,3-4,7H2,1-2H3. The predicted octanol–water partition coefficient (Wildman–Crippen LogP) is -0.663. The zero-order valence-electron chi connectivity index (χ0n) is 6.70. The average molecular weight is 179 g/mol. The van der Waals surface area contributed by atoms with Crippen LogP contribution in [0.15, 0.2) is 0 Å². The first-order valence-corrected chi connectivity index (χ1v) is 5.33. The van der Waals surface area contributed by atoms with Crippen molar-refractivity contribution >= 4 is 15.6 Å². The van der Waals surface area contributed by atoms with Gasteiger partial charge in [-0.05, 0) is 13.3 Å². The fraction of sp³-hybridized carbons (Fsp3) is 0.833. The van der Waals surface area contributed by atoms with Crippen LogP contribution in [0.4, 0.5) is 0 Å². The Bertz CT molecular complexity index is 232. The maximum atomic E-state index is 10.6. The summed E-state index contributed by atoms with van der Waals surface area (Å²) < 4.78 is 21.2. The molecule has 0 aliphatic rings. The molecule has 0 bridgehead atoms. The normalized spacial score (nSPS) is 14.5. The number of carbonyl (C=O) groups excluding carboxylic acids is 1. The van der Waals surface area contributed by atoms with E-state index in [1.165, 1.54) is 6.92 Å². The van der Waals surface area contributed by atoms with Crippen LogP contribution in [0.1, 0.15) is 13.3 Å². The first-order valence-electron chi connectivity index (χ1n) is 3.26. The second-order valence-electron chi connectivity index (χ2n) is 2.64. The van der Waals surface area contributed by atoms with E-state index in [1.54, 1.807) is 0 Å². The molecule has 0 heterocycles. The quantitative estimate of drug-likeness (QED) is 0.621. The molecule has 0 saturated heterocycles. The Morgan fingerprint density at radius 1 is 1.55 bits per heavy atom. The Hall–Kier alpha value is -0.420. The molecule has 11 heavy (non-hydrogen) atoms. The topological polar surface area (TPSA) is 77.2 Å². The van der Waals surface area contributed by atoms with Gasteiger partial charge in [0.1, 0.15) is 15.6 Å². The third kappa shape index (κ3) is 6.00. The minimum atomic E-state index is -2.98. The highest BCUT2D eigenvalue weighted by Gasteiger charge is 2.11. The van der Waals surface area contributed by atoms with E-state index in [1.807, 2.05) is 0 Å². The molecule has 0 aliphatic carbocycles. The molecule has 0 aliphatic heterocycles. The Balaban J connectivity index is 3.82. The van der Waals surface area contributed by atoms with Gasteiger partial charge in [-0.25, -0.2) is 8.42 Å². The zero-order valence-corrected chi connectivity index (χ0v) is 7.52. The fourth-order valence-corrected chi connectivity index (χ4v) is 1.23. The fourth-order valence-electron chi connectivity index (χ4n) is 0.544. The summed E-state index contributed by atoms with van der Waals surface area (Å²) in [5, 5.41) is 0. The van der Waals surface area contributed by atoms with Crippen molar-refractivity contribution in [2.75, 3.05) is 12.0 Å². The summed E-state index contributed by atoms with van der Waals surface area (Å²) in [6, 6.07) is -0.635. The molecule has 0 aromatic carbocycles. The van der Waals surface area contributed by atoms with Gasteiger partial charge in [-0.2, -0.15) is 0 Å². The first kappa shape index (κ1) is 10.6. The molecule has 1 unspecified atom stereocenters. The van der Waals surface area contributed by atoms with Crippen LogP contribution in [-0.4, -0.2) is 32.3 Å². The number of hydrogen-bond acceptors (Lipinski definition) is 4. The van der Waals surface area contributed by atoms with E-state index in [0.29, 0.717) is 0 Å². The lowest BCUT2D eigenvalue weighted by atomic mass is 10.2. The SMILES string of the molecule is CC(=O)C(N)CCS(C)(=O)=O. The minimum absolute atomic E-state index is 0.0201. The minimum Gasteiger partial charge on any atom is -0.321 e. The van der Waals surface area contributed by atoms with Gasteiger partial charge in [0.25, 0.3) is 0 Å². The molecule has 0 amide bonds. The molecule has 0 rings (SSSR count). The Morgan fingerprint density at radius 2 is 2.00 bits per heavy atom. The molecule has 0 spiro atoms. The molecular weight excluding hydrogens is 166 g/mol. The van der Waals surface area contributed by atoms with Crippen molar-refractivity contribution in [3.63, 3.8) is 0 Å². The third-order valence-corrected chi connectivity index (χ3v) is 2.30. The van der Waals surface area contributed by atoms with E-state index in [-0.39, 0.29) is 18.0 Å². The molecule has 66 valence electrons. The molecule has 0 radical (unpaired) electrons. The van der Waals surface area contributed by atoms with Gasteiger partial charge in [0.15, 0.2) is 0 Å². The summed E-state index contributed by atoms with van der Waals surface area (Å²) in [4.78, 5) is 10.5. The first-order chi connectivity index (χ1) is 4.83. The summed E-state index contributed by atoms with van der Waals surface area (Å²) in [5.74, 6) is -0.193. The summed E-state index contributed by atoms with van der Waals surface area (Å²) in [6.45, 7) is 1.35. The molecule has 0 saturated carbocycles. The third-order valence-electron chi connectivity index (χ3n) is 1.32. The smallest absolute Gasteiger partial charge is 0.147 e. The van der Waals surface area contributed by atoms with Gasteiger partial charge in [0.05, 0.1) is 11.8 Å². The summed E-state index contributed by atoms with van der Waals surface area (Å²) in [7, 11) is -2.98. The number of nitrogens with two attached hydrogens (primary N) is 1. The van der Waals surface area contributed by atoms with E-state index in [9.17, 15) is 13.2 Å². The zero-order chi connectivity index (χ0) is 9.07.